The van der Waals surface area contributed by atoms with Gasteiger partial charge in [0, 0.05) is 18.6 Å². The number of unbranched alkanes of at least 4 members (excludes halogenated alkanes) is 3. The Balaban J connectivity index is 2.21. The molecule has 0 radical (unpaired) electrons. The van der Waals surface area contributed by atoms with Crippen LogP contribution in [0.5, 0.6) is 0 Å². The summed E-state index contributed by atoms with van der Waals surface area (Å²) in [4.78, 5) is 2.70. The molecule has 0 saturated carbocycles. The summed E-state index contributed by atoms with van der Waals surface area (Å²) in [6, 6.07) is 1.52. The number of hydrogen-bond acceptors (Lipinski definition) is 2. The molecule has 0 aromatic rings. The lowest BCUT2D eigenvalue weighted by atomic mass is 9.92. The monoisotopic (exact) mass is 240 g/mol. The smallest absolute Gasteiger partial charge is 0.0114 e. The summed E-state index contributed by atoms with van der Waals surface area (Å²) in [5.41, 5.74) is 0. The highest BCUT2D eigenvalue weighted by Crippen LogP contribution is 2.20. The molecule has 0 aromatic carbocycles. The topological polar surface area (TPSA) is 15.3 Å². The highest BCUT2D eigenvalue weighted by Gasteiger charge is 2.26. The molecule has 1 rings (SSSR count). The second-order valence-electron chi connectivity index (χ2n) is 5.85. The van der Waals surface area contributed by atoms with E-state index < -0.39 is 0 Å². The lowest BCUT2D eigenvalue weighted by Crippen LogP contribution is -2.49. The second-order valence-corrected chi connectivity index (χ2v) is 5.85. The molecule has 3 atom stereocenters. The van der Waals surface area contributed by atoms with E-state index in [4.69, 9.17) is 0 Å². The third-order valence-corrected chi connectivity index (χ3v) is 4.41. The third-order valence-electron chi connectivity index (χ3n) is 4.41. The number of nitrogens with one attached hydrogen (secondary N) is 1. The van der Waals surface area contributed by atoms with Crippen LogP contribution in [0.25, 0.3) is 0 Å². The SMILES string of the molecule is CCCCCCC(C)N1CCC(NC)C(C)C1. The Hall–Kier alpha value is -0.0800. The van der Waals surface area contributed by atoms with Gasteiger partial charge in [-0.1, -0.05) is 39.5 Å². The van der Waals surface area contributed by atoms with Gasteiger partial charge in [-0.2, -0.15) is 0 Å². The van der Waals surface area contributed by atoms with Gasteiger partial charge in [-0.25, -0.2) is 0 Å². The molecule has 1 aliphatic heterocycles. The Kier molecular flexibility index (Phi) is 7.14. The van der Waals surface area contributed by atoms with Gasteiger partial charge >= 0.3 is 0 Å². The van der Waals surface area contributed by atoms with E-state index >= 15 is 0 Å². The molecule has 0 bridgehead atoms. The van der Waals surface area contributed by atoms with Crippen LogP contribution < -0.4 is 5.32 Å². The Bertz CT molecular complexity index is 193. The molecule has 0 spiro atoms. The minimum atomic E-state index is 0.735. The molecular formula is C15H32N2. The Morgan fingerprint density at radius 1 is 1.29 bits per heavy atom. The predicted molar refractivity (Wildman–Crippen MR) is 76.4 cm³/mol. The summed E-state index contributed by atoms with van der Waals surface area (Å²) in [5, 5.41) is 3.45. The van der Waals surface area contributed by atoms with Crippen LogP contribution in [0.3, 0.4) is 0 Å². The zero-order valence-electron chi connectivity index (χ0n) is 12.3. The van der Waals surface area contributed by atoms with Gasteiger partial charge in [0.2, 0.25) is 0 Å². The van der Waals surface area contributed by atoms with Crippen LogP contribution in [-0.2, 0) is 0 Å². The molecule has 1 aliphatic rings. The quantitative estimate of drug-likeness (QED) is 0.687. The molecule has 1 saturated heterocycles. The van der Waals surface area contributed by atoms with Crippen molar-refractivity contribution < 1.29 is 0 Å². The van der Waals surface area contributed by atoms with Gasteiger partial charge in [0.05, 0.1) is 0 Å². The summed E-state index contributed by atoms with van der Waals surface area (Å²) in [6.07, 6.45) is 8.29. The zero-order chi connectivity index (χ0) is 12.7. The first kappa shape index (κ1) is 15.0. The van der Waals surface area contributed by atoms with Gasteiger partial charge in [-0.05, 0) is 39.3 Å². The van der Waals surface area contributed by atoms with Crippen molar-refractivity contribution >= 4 is 0 Å². The molecule has 2 heteroatoms. The maximum absolute atomic E-state index is 3.45. The fourth-order valence-electron chi connectivity index (χ4n) is 3.06. The van der Waals surface area contributed by atoms with Crippen molar-refractivity contribution in [1.82, 2.24) is 10.2 Å². The van der Waals surface area contributed by atoms with Crippen LogP contribution in [-0.4, -0.2) is 37.1 Å². The van der Waals surface area contributed by atoms with Gasteiger partial charge in [-0.3, -0.25) is 0 Å². The molecule has 1 N–H and O–H groups in total. The van der Waals surface area contributed by atoms with Crippen molar-refractivity contribution in [3.05, 3.63) is 0 Å². The van der Waals surface area contributed by atoms with Gasteiger partial charge in [0.15, 0.2) is 0 Å². The fraction of sp³-hybridized carbons (Fsp3) is 1.00. The Morgan fingerprint density at radius 3 is 2.65 bits per heavy atom. The van der Waals surface area contributed by atoms with E-state index in [1.54, 1.807) is 0 Å². The van der Waals surface area contributed by atoms with E-state index in [1.165, 1.54) is 51.6 Å². The maximum Gasteiger partial charge on any atom is 0.0114 e. The number of piperidine rings is 1. The van der Waals surface area contributed by atoms with Crippen LogP contribution >= 0.6 is 0 Å². The largest absolute Gasteiger partial charge is 0.317 e. The third kappa shape index (κ3) is 4.97. The summed E-state index contributed by atoms with van der Waals surface area (Å²) < 4.78 is 0. The van der Waals surface area contributed by atoms with E-state index in [0.29, 0.717) is 0 Å². The van der Waals surface area contributed by atoms with Gasteiger partial charge in [0.25, 0.3) is 0 Å². The van der Waals surface area contributed by atoms with Crippen molar-refractivity contribution in [2.75, 3.05) is 20.1 Å². The molecule has 2 nitrogen and oxygen atoms in total. The van der Waals surface area contributed by atoms with Gasteiger partial charge < -0.3 is 10.2 Å². The molecule has 17 heavy (non-hydrogen) atoms. The van der Waals surface area contributed by atoms with Crippen LogP contribution in [0, 0.1) is 5.92 Å². The van der Waals surface area contributed by atoms with Crippen molar-refractivity contribution in [2.24, 2.45) is 5.92 Å². The lowest BCUT2D eigenvalue weighted by Gasteiger charge is -2.40. The summed E-state index contributed by atoms with van der Waals surface area (Å²) >= 11 is 0. The highest BCUT2D eigenvalue weighted by atomic mass is 15.2. The second kappa shape index (κ2) is 8.10. The molecule has 0 aliphatic carbocycles. The molecule has 1 fully saturated rings. The fourth-order valence-corrected chi connectivity index (χ4v) is 3.06. The van der Waals surface area contributed by atoms with Crippen molar-refractivity contribution in [3.8, 4) is 0 Å². The van der Waals surface area contributed by atoms with Gasteiger partial charge in [-0.15, -0.1) is 0 Å². The Morgan fingerprint density at radius 2 is 2.06 bits per heavy atom. The van der Waals surface area contributed by atoms with Crippen LogP contribution in [0.2, 0.25) is 0 Å². The molecule has 0 aromatic heterocycles. The van der Waals surface area contributed by atoms with Crippen LogP contribution in [0.15, 0.2) is 0 Å². The standard InChI is InChI=1S/C15H32N2/c1-5-6-7-8-9-14(3)17-11-10-15(16-4)13(2)12-17/h13-16H,5-12H2,1-4H3. The van der Waals surface area contributed by atoms with Crippen molar-refractivity contribution in [1.29, 1.82) is 0 Å². The zero-order valence-corrected chi connectivity index (χ0v) is 12.3. The van der Waals surface area contributed by atoms with E-state index in [2.05, 4.69) is 38.0 Å². The van der Waals surface area contributed by atoms with Crippen LogP contribution in [0.1, 0.15) is 59.3 Å². The molecule has 1 heterocycles. The van der Waals surface area contributed by atoms with Gasteiger partial charge in [0.1, 0.15) is 0 Å². The predicted octanol–water partition coefficient (Wildman–Crippen LogP) is 3.28. The van der Waals surface area contributed by atoms with E-state index in [0.717, 1.165) is 18.0 Å². The summed E-state index contributed by atoms with van der Waals surface area (Å²) in [5.74, 6) is 0.798. The lowest BCUT2D eigenvalue weighted by molar-refractivity contribution is 0.108. The molecule has 0 amide bonds. The number of rotatable bonds is 7. The first-order valence-corrected chi connectivity index (χ1v) is 7.60. The molecule has 102 valence electrons. The number of likely N-dealkylation sites (tertiary alicyclic amines) is 1. The molecular weight excluding hydrogens is 208 g/mol. The van der Waals surface area contributed by atoms with Crippen molar-refractivity contribution in [2.45, 2.75) is 71.4 Å². The number of hydrogen-bond donors (Lipinski definition) is 1. The summed E-state index contributed by atoms with van der Waals surface area (Å²) in [7, 11) is 2.10. The van der Waals surface area contributed by atoms with Crippen molar-refractivity contribution in [3.63, 3.8) is 0 Å². The first-order valence-electron chi connectivity index (χ1n) is 7.60. The maximum atomic E-state index is 3.45. The average Bonchev–Trinajstić information content (AvgIpc) is 2.34. The van der Waals surface area contributed by atoms with E-state index in [1.807, 2.05) is 0 Å². The van der Waals surface area contributed by atoms with E-state index in [-0.39, 0.29) is 0 Å². The Labute approximate surface area is 108 Å². The van der Waals surface area contributed by atoms with E-state index in [9.17, 15) is 0 Å². The normalized spacial score (nSPS) is 28.2. The minimum Gasteiger partial charge on any atom is -0.317 e. The highest BCUT2D eigenvalue weighted by molar-refractivity contribution is 4.84. The summed E-state index contributed by atoms with van der Waals surface area (Å²) in [6.45, 7) is 9.65. The minimum absolute atomic E-state index is 0.735. The van der Waals surface area contributed by atoms with Crippen LogP contribution in [0.4, 0.5) is 0 Å². The first-order chi connectivity index (χ1) is 8.19. The average molecular weight is 240 g/mol. The molecule has 3 unspecified atom stereocenters. The number of nitrogens with zero attached hydrogens (tertiary/aromatic N) is 1.